The first-order chi connectivity index (χ1) is 11.2. The van der Waals surface area contributed by atoms with Crippen LogP contribution in [-0.2, 0) is 11.0 Å². The van der Waals surface area contributed by atoms with E-state index in [0.717, 1.165) is 12.1 Å². The summed E-state index contributed by atoms with van der Waals surface area (Å²) in [5, 5.41) is 0. The Labute approximate surface area is 139 Å². The zero-order valence-corrected chi connectivity index (χ0v) is 13.5. The number of amides is 1. The number of hydrogen-bond acceptors (Lipinski definition) is 2. The molecule has 0 aliphatic carbocycles. The van der Waals surface area contributed by atoms with Gasteiger partial charge in [0.25, 0.3) is 0 Å². The van der Waals surface area contributed by atoms with E-state index in [4.69, 9.17) is 6.42 Å². The maximum absolute atomic E-state index is 12.8. The van der Waals surface area contributed by atoms with Crippen molar-refractivity contribution in [3.63, 3.8) is 0 Å². The molecule has 3 nitrogen and oxygen atoms in total. The lowest BCUT2D eigenvalue weighted by atomic mass is 9.94. The van der Waals surface area contributed by atoms with Crippen molar-refractivity contribution in [1.82, 2.24) is 4.90 Å². The van der Waals surface area contributed by atoms with Crippen LogP contribution in [-0.4, -0.2) is 35.5 Å². The molecule has 128 valence electrons. The smallest absolute Gasteiger partial charge is 0.311 e. The molecule has 6 heteroatoms. The number of halogens is 3. The van der Waals surface area contributed by atoms with Gasteiger partial charge < -0.3 is 4.90 Å². The molecule has 2 fully saturated rings. The van der Waals surface area contributed by atoms with Gasteiger partial charge in [0.15, 0.2) is 0 Å². The molecule has 0 N–H and O–H groups in total. The number of likely N-dealkylation sites (tertiary alicyclic amines) is 1. The number of terminal acetylenes is 1. The van der Waals surface area contributed by atoms with Crippen molar-refractivity contribution in [3.05, 3.63) is 29.8 Å². The van der Waals surface area contributed by atoms with Gasteiger partial charge in [-0.15, -0.1) is 6.42 Å². The number of hydrogen-bond donors (Lipinski definition) is 0. The quantitative estimate of drug-likeness (QED) is 0.775. The Morgan fingerprint density at radius 3 is 2.38 bits per heavy atom. The first-order valence-electron chi connectivity index (χ1n) is 7.96. The van der Waals surface area contributed by atoms with E-state index in [0.29, 0.717) is 18.7 Å². The van der Waals surface area contributed by atoms with Gasteiger partial charge in [-0.1, -0.05) is 5.92 Å². The van der Waals surface area contributed by atoms with Gasteiger partial charge in [-0.25, -0.2) is 0 Å². The van der Waals surface area contributed by atoms with Gasteiger partial charge in [0.05, 0.1) is 17.6 Å². The van der Waals surface area contributed by atoms with Crippen LogP contribution >= 0.6 is 0 Å². The van der Waals surface area contributed by atoms with Crippen LogP contribution in [0.15, 0.2) is 24.3 Å². The third kappa shape index (κ3) is 2.67. The maximum Gasteiger partial charge on any atom is 0.416 e. The summed E-state index contributed by atoms with van der Waals surface area (Å²) >= 11 is 0. The van der Waals surface area contributed by atoms with Crippen molar-refractivity contribution in [2.75, 3.05) is 11.4 Å². The average molecular weight is 336 g/mol. The highest BCUT2D eigenvalue weighted by Gasteiger charge is 2.51. The molecule has 1 amide bonds. The van der Waals surface area contributed by atoms with E-state index in [1.807, 2.05) is 13.8 Å². The Bertz CT molecular complexity index is 675. The summed E-state index contributed by atoms with van der Waals surface area (Å²) < 4.78 is 38.1. The van der Waals surface area contributed by atoms with E-state index < -0.39 is 11.7 Å². The highest BCUT2D eigenvalue weighted by molar-refractivity contribution is 5.98. The van der Waals surface area contributed by atoms with Crippen LogP contribution in [0.1, 0.15) is 25.8 Å². The van der Waals surface area contributed by atoms with Gasteiger partial charge in [-0.3, -0.25) is 9.69 Å². The molecule has 2 bridgehead atoms. The molecule has 1 aromatic carbocycles. The summed E-state index contributed by atoms with van der Waals surface area (Å²) in [6.07, 6.45) is 2.00. The number of piperidine rings is 1. The third-order valence-corrected chi connectivity index (χ3v) is 4.90. The number of nitrogens with zero attached hydrogens (tertiary/aromatic N) is 2. The molecule has 24 heavy (non-hydrogen) atoms. The predicted octanol–water partition coefficient (Wildman–Crippen LogP) is 3.15. The van der Waals surface area contributed by atoms with Crippen LogP contribution in [0.4, 0.5) is 18.9 Å². The zero-order valence-electron chi connectivity index (χ0n) is 13.5. The van der Waals surface area contributed by atoms with E-state index in [1.54, 1.807) is 4.90 Å². The fourth-order valence-electron chi connectivity index (χ4n) is 3.85. The summed E-state index contributed by atoms with van der Waals surface area (Å²) in [5.74, 6) is 2.84. The highest BCUT2D eigenvalue weighted by atomic mass is 19.4. The molecule has 2 aliphatic rings. The van der Waals surface area contributed by atoms with Gasteiger partial charge in [0, 0.05) is 24.2 Å². The highest BCUT2D eigenvalue weighted by Crippen LogP contribution is 2.39. The number of benzene rings is 1. The van der Waals surface area contributed by atoms with Crippen LogP contribution in [0.5, 0.6) is 0 Å². The van der Waals surface area contributed by atoms with Gasteiger partial charge in [0.2, 0.25) is 5.91 Å². The third-order valence-electron chi connectivity index (χ3n) is 4.90. The molecule has 0 spiro atoms. The number of rotatable bonds is 2. The second kappa shape index (κ2) is 5.82. The number of carbonyl (C=O) groups is 1. The fraction of sp³-hybridized carbons (Fsp3) is 0.500. The second-order valence-corrected chi connectivity index (χ2v) is 6.66. The number of carbonyl (C=O) groups excluding carboxylic acids is 1. The normalized spacial score (nSPS) is 27.6. The van der Waals surface area contributed by atoms with Crippen LogP contribution in [0.25, 0.3) is 0 Å². The van der Waals surface area contributed by atoms with Crippen molar-refractivity contribution in [2.45, 2.75) is 44.6 Å². The molecule has 0 aromatic heterocycles. The van der Waals surface area contributed by atoms with Crippen LogP contribution in [0.2, 0.25) is 0 Å². The van der Waals surface area contributed by atoms with Gasteiger partial charge in [-0.2, -0.15) is 13.2 Å². The first kappa shape index (κ1) is 16.8. The van der Waals surface area contributed by atoms with Crippen LogP contribution in [0.3, 0.4) is 0 Å². The lowest BCUT2D eigenvalue weighted by Gasteiger charge is -2.33. The van der Waals surface area contributed by atoms with Crippen LogP contribution < -0.4 is 4.90 Å². The van der Waals surface area contributed by atoms with Crippen molar-refractivity contribution in [1.29, 1.82) is 0 Å². The SMILES string of the molecule is C#C[C@H]1[C@H]2C[C@H](C(=O)N(c3ccc(C(F)(F)F)cc3)C2)N1C(C)C. The maximum atomic E-state index is 12.8. The second-order valence-electron chi connectivity index (χ2n) is 6.66. The molecule has 1 aromatic rings. The minimum absolute atomic E-state index is 0.0857. The molecule has 2 aliphatic heterocycles. The topological polar surface area (TPSA) is 23.6 Å². The van der Waals surface area contributed by atoms with Crippen molar-refractivity contribution < 1.29 is 18.0 Å². The summed E-state index contributed by atoms with van der Waals surface area (Å²) in [5.41, 5.74) is -0.229. The van der Waals surface area contributed by atoms with E-state index in [1.165, 1.54) is 12.1 Å². The average Bonchev–Trinajstić information content (AvgIpc) is 2.84. The molecular weight excluding hydrogens is 317 g/mol. The van der Waals surface area contributed by atoms with E-state index in [9.17, 15) is 18.0 Å². The number of fused-ring (bicyclic) bond motifs is 2. The van der Waals surface area contributed by atoms with Crippen molar-refractivity contribution in [3.8, 4) is 12.3 Å². The monoisotopic (exact) mass is 336 g/mol. The number of alkyl halides is 3. The summed E-state index contributed by atoms with van der Waals surface area (Å²) in [6.45, 7) is 4.44. The molecule has 3 atom stereocenters. The number of anilines is 1. The minimum Gasteiger partial charge on any atom is -0.311 e. The minimum atomic E-state index is -4.38. The largest absolute Gasteiger partial charge is 0.416 e. The van der Waals surface area contributed by atoms with Crippen LogP contribution in [0, 0.1) is 18.3 Å². The molecule has 3 rings (SSSR count). The Kier molecular flexibility index (Phi) is 4.08. The Morgan fingerprint density at radius 2 is 1.88 bits per heavy atom. The first-order valence-corrected chi connectivity index (χ1v) is 7.96. The molecular formula is C18H19F3N2O. The Hall–Kier alpha value is -2.00. The van der Waals surface area contributed by atoms with E-state index in [-0.39, 0.29) is 30.0 Å². The molecule has 2 saturated heterocycles. The van der Waals surface area contributed by atoms with Gasteiger partial charge >= 0.3 is 6.18 Å². The molecule has 2 heterocycles. The molecule has 0 saturated carbocycles. The predicted molar refractivity (Wildman–Crippen MR) is 85.3 cm³/mol. The Balaban J connectivity index is 1.89. The summed E-state index contributed by atoms with van der Waals surface area (Å²) in [7, 11) is 0. The lowest BCUT2D eigenvalue weighted by molar-refractivity contribution is -0.137. The molecule has 0 radical (unpaired) electrons. The zero-order chi connectivity index (χ0) is 17.6. The standard InChI is InChI=1S/C18H19F3N2O/c1-4-15-12-9-16(23(15)11(2)3)17(24)22(10-12)14-7-5-13(6-8-14)18(19,20)21/h1,5-8,11-12,15-16H,9-10H2,2-3H3/t12-,15-,16+/m0/s1. The van der Waals surface area contributed by atoms with E-state index >= 15 is 0 Å². The lowest BCUT2D eigenvalue weighted by Crippen LogP contribution is -2.49. The van der Waals surface area contributed by atoms with E-state index in [2.05, 4.69) is 10.8 Å². The van der Waals surface area contributed by atoms with Gasteiger partial charge in [0.1, 0.15) is 0 Å². The summed E-state index contributed by atoms with van der Waals surface area (Å²) in [6, 6.07) is 4.46. The fourth-order valence-corrected chi connectivity index (χ4v) is 3.85. The van der Waals surface area contributed by atoms with Gasteiger partial charge in [-0.05, 0) is 44.5 Å². The Morgan fingerprint density at radius 1 is 1.25 bits per heavy atom. The van der Waals surface area contributed by atoms with Crippen molar-refractivity contribution in [2.24, 2.45) is 5.92 Å². The van der Waals surface area contributed by atoms with Crippen molar-refractivity contribution >= 4 is 11.6 Å². The molecule has 0 unspecified atom stereocenters. The summed E-state index contributed by atoms with van der Waals surface area (Å²) in [4.78, 5) is 16.5.